The van der Waals surface area contributed by atoms with Gasteiger partial charge in [-0.2, -0.15) is 18.3 Å². The predicted octanol–water partition coefficient (Wildman–Crippen LogP) is 2.65. The van der Waals surface area contributed by atoms with E-state index in [1.165, 1.54) is 18.2 Å². The Bertz CT molecular complexity index is 673. The van der Waals surface area contributed by atoms with Crippen molar-refractivity contribution in [2.45, 2.75) is 13.1 Å². The summed E-state index contributed by atoms with van der Waals surface area (Å²) in [6.07, 6.45) is -3.44. The Labute approximate surface area is 143 Å². The van der Waals surface area contributed by atoms with Crippen LogP contribution < -0.4 is 10.6 Å². The molecule has 0 aliphatic heterocycles. The molecule has 0 aliphatic rings. The fraction of sp³-hybridized carbons (Fsp3) is 0.333. The highest BCUT2D eigenvalue weighted by atomic mass is 35.5. The molecule has 2 aromatic rings. The van der Waals surface area contributed by atoms with Crippen LogP contribution in [0.15, 0.2) is 36.5 Å². The lowest BCUT2D eigenvalue weighted by Crippen LogP contribution is -2.31. The Hall–Kier alpha value is -2.06. The van der Waals surface area contributed by atoms with E-state index in [0.29, 0.717) is 13.1 Å². The molecule has 1 aromatic heterocycles. The fourth-order valence-corrected chi connectivity index (χ4v) is 2.05. The number of rotatable bonds is 6. The van der Waals surface area contributed by atoms with Crippen LogP contribution in [0.4, 0.5) is 13.2 Å². The van der Waals surface area contributed by atoms with E-state index < -0.39 is 11.9 Å². The number of halogens is 4. The normalized spacial score (nSPS) is 11.0. The number of aromatic nitrogens is 2. The minimum Gasteiger partial charge on any atom is -0.351 e. The van der Waals surface area contributed by atoms with Gasteiger partial charge in [-0.3, -0.25) is 4.79 Å². The highest BCUT2D eigenvalue weighted by Gasteiger charge is 2.35. The molecule has 0 saturated heterocycles. The lowest BCUT2D eigenvalue weighted by atomic mass is 10.2. The third-order valence-corrected chi connectivity index (χ3v) is 3.12. The average Bonchev–Trinajstić information content (AvgIpc) is 3.01. The van der Waals surface area contributed by atoms with E-state index in [1.807, 2.05) is 6.92 Å². The maximum Gasteiger partial charge on any atom is 0.433 e. The number of amides is 1. The molecule has 132 valence electrons. The van der Waals surface area contributed by atoms with Crippen LogP contribution in [0.2, 0.25) is 0 Å². The first-order valence-corrected chi connectivity index (χ1v) is 7.14. The summed E-state index contributed by atoms with van der Waals surface area (Å²) in [5.74, 6) is -0.342. The second-order valence-corrected chi connectivity index (χ2v) is 4.79. The Balaban J connectivity index is 0.00000288. The van der Waals surface area contributed by atoms with Gasteiger partial charge in [-0.1, -0.05) is 13.0 Å². The lowest BCUT2D eigenvalue weighted by molar-refractivity contribution is -0.142. The SMILES string of the molecule is CCNCCNC(=O)c1cccc(-n2nccc2C(F)(F)F)c1.Cl. The number of alkyl halides is 3. The quantitative estimate of drug-likeness (QED) is 0.777. The fourth-order valence-electron chi connectivity index (χ4n) is 2.05. The van der Waals surface area contributed by atoms with Crippen LogP contribution in [0.1, 0.15) is 23.0 Å². The first kappa shape index (κ1) is 20.0. The molecule has 0 aliphatic carbocycles. The van der Waals surface area contributed by atoms with Crippen molar-refractivity contribution in [3.63, 3.8) is 0 Å². The van der Waals surface area contributed by atoms with E-state index in [1.54, 1.807) is 6.07 Å². The zero-order valence-electron chi connectivity index (χ0n) is 12.9. The molecule has 0 saturated carbocycles. The summed E-state index contributed by atoms with van der Waals surface area (Å²) in [5, 5.41) is 9.45. The second kappa shape index (κ2) is 8.70. The third-order valence-electron chi connectivity index (χ3n) is 3.12. The summed E-state index contributed by atoms with van der Waals surface area (Å²) in [6.45, 7) is 3.81. The number of benzene rings is 1. The van der Waals surface area contributed by atoms with Crippen LogP contribution >= 0.6 is 12.4 Å². The van der Waals surface area contributed by atoms with Gasteiger partial charge in [0.25, 0.3) is 5.91 Å². The topological polar surface area (TPSA) is 58.9 Å². The zero-order chi connectivity index (χ0) is 16.9. The van der Waals surface area contributed by atoms with E-state index in [2.05, 4.69) is 15.7 Å². The van der Waals surface area contributed by atoms with Gasteiger partial charge in [0.2, 0.25) is 0 Å². The molecule has 0 fully saturated rings. The average molecular weight is 363 g/mol. The maximum absolute atomic E-state index is 12.9. The molecule has 1 amide bonds. The smallest absolute Gasteiger partial charge is 0.351 e. The van der Waals surface area contributed by atoms with Crippen LogP contribution in [-0.2, 0) is 6.18 Å². The van der Waals surface area contributed by atoms with E-state index in [9.17, 15) is 18.0 Å². The van der Waals surface area contributed by atoms with Gasteiger partial charge in [-0.25, -0.2) is 4.68 Å². The Kier molecular flexibility index (Phi) is 7.24. The number of nitrogens with one attached hydrogen (secondary N) is 2. The number of hydrogen-bond donors (Lipinski definition) is 2. The summed E-state index contributed by atoms with van der Waals surface area (Å²) in [7, 11) is 0. The largest absolute Gasteiger partial charge is 0.433 e. The van der Waals surface area contributed by atoms with Crippen LogP contribution in [0.3, 0.4) is 0 Å². The van der Waals surface area contributed by atoms with Gasteiger partial charge in [0.15, 0.2) is 0 Å². The molecule has 2 N–H and O–H groups in total. The Morgan fingerprint density at radius 2 is 2.00 bits per heavy atom. The number of carbonyl (C=O) groups excluding carboxylic acids is 1. The van der Waals surface area contributed by atoms with E-state index in [0.717, 1.165) is 23.5 Å². The molecule has 0 unspecified atom stereocenters. The summed E-state index contributed by atoms with van der Waals surface area (Å²) in [4.78, 5) is 12.0. The Morgan fingerprint density at radius 3 is 2.67 bits per heavy atom. The van der Waals surface area contributed by atoms with Crippen molar-refractivity contribution in [1.29, 1.82) is 0 Å². The molecular weight excluding hydrogens is 345 g/mol. The van der Waals surface area contributed by atoms with Gasteiger partial charge in [0.05, 0.1) is 11.9 Å². The molecule has 9 heteroatoms. The molecule has 1 heterocycles. The van der Waals surface area contributed by atoms with Crippen molar-refractivity contribution in [3.05, 3.63) is 47.8 Å². The van der Waals surface area contributed by atoms with Crippen molar-refractivity contribution in [3.8, 4) is 5.69 Å². The Morgan fingerprint density at radius 1 is 1.25 bits per heavy atom. The summed E-state index contributed by atoms with van der Waals surface area (Å²) < 4.78 is 39.5. The van der Waals surface area contributed by atoms with Gasteiger partial charge in [-0.05, 0) is 30.8 Å². The predicted molar refractivity (Wildman–Crippen MR) is 86.7 cm³/mol. The number of hydrogen-bond acceptors (Lipinski definition) is 3. The van der Waals surface area contributed by atoms with Crippen LogP contribution in [0.5, 0.6) is 0 Å². The molecule has 0 bridgehead atoms. The van der Waals surface area contributed by atoms with Crippen LogP contribution in [0.25, 0.3) is 5.69 Å². The minimum absolute atomic E-state index is 0. The lowest BCUT2D eigenvalue weighted by Gasteiger charge is -2.11. The highest BCUT2D eigenvalue weighted by molar-refractivity contribution is 5.94. The van der Waals surface area contributed by atoms with Crippen molar-refractivity contribution in [1.82, 2.24) is 20.4 Å². The van der Waals surface area contributed by atoms with Crippen molar-refractivity contribution < 1.29 is 18.0 Å². The van der Waals surface area contributed by atoms with Gasteiger partial charge >= 0.3 is 6.18 Å². The van der Waals surface area contributed by atoms with Crippen LogP contribution in [0, 0.1) is 0 Å². The highest BCUT2D eigenvalue weighted by Crippen LogP contribution is 2.30. The van der Waals surface area contributed by atoms with E-state index >= 15 is 0 Å². The molecule has 0 radical (unpaired) electrons. The third kappa shape index (κ3) is 4.97. The number of nitrogens with zero attached hydrogens (tertiary/aromatic N) is 2. The second-order valence-electron chi connectivity index (χ2n) is 4.79. The molecule has 24 heavy (non-hydrogen) atoms. The standard InChI is InChI=1S/C15H17F3N4O.ClH/c1-2-19-8-9-20-14(23)11-4-3-5-12(10-11)22-13(6-7-21-22)15(16,17)18;/h3-7,10,19H,2,8-9H2,1H3,(H,20,23);1H. The number of carbonyl (C=O) groups is 1. The minimum atomic E-state index is -4.51. The van der Waals surface area contributed by atoms with E-state index in [4.69, 9.17) is 0 Å². The summed E-state index contributed by atoms with van der Waals surface area (Å²) in [5.41, 5.74) is -0.425. The van der Waals surface area contributed by atoms with Gasteiger partial charge in [-0.15, -0.1) is 12.4 Å². The summed E-state index contributed by atoms with van der Waals surface area (Å²) >= 11 is 0. The maximum atomic E-state index is 12.9. The van der Waals surface area contributed by atoms with Gasteiger partial charge < -0.3 is 10.6 Å². The molecule has 5 nitrogen and oxygen atoms in total. The first-order valence-electron chi connectivity index (χ1n) is 7.14. The molecule has 0 atom stereocenters. The zero-order valence-corrected chi connectivity index (χ0v) is 13.7. The van der Waals surface area contributed by atoms with Gasteiger partial charge in [0, 0.05) is 18.7 Å². The first-order chi connectivity index (χ1) is 10.9. The van der Waals surface area contributed by atoms with E-state index in [-0.39, 0.29) is 29.6 Å². The molecular formula is C15H18ClF3N4O. The summed E-state index contributed by atoms with van der Waals surface area (Å²) in [6, 6.07) is 6.81. The van der Waals surface area contributed by atoms with Crippen molar-refractivity contribution in [2.24, 2.45) is 0 Å². The molecule has 0 spiro atoms. The number of likely N-dealkylation sites (N-methyl/N-ethyl adjacent to an activating group) is 1. The molecule has 1 aromatic carbocycles. The molecule has 2 rings (SSSR count). The van der Waals surface area contributed by atoms with Crippen molar-refractivity contribution in [2.75, 3.05) is 19.6 Å². The van der Waals surface area contributed by atoms with Gasteiger partial charge in [0.1, 0.15) is 5.69 Å². The monoisotopic (exact) mass is 362 g/mol. The van der Waals surface area contributed by atoms with Crippen LogP contribution in [-0.4, -0.2) is 35.3 Å². The van der Waals surface area contributed by atoms with Crippen molar-refractivity contribution >= 4 is 18.3 Å².